The van der Waals surface area contributed by atoms with E-state index in [1.807, 2.05) is 18.4 Å². The van der Waals surface area contributed by atoms with Crippen molar-refractivity contribution < 1.29 is 9.90 Å². The summed E-state index contributed by atoms with van der Waals surface area (Å²) in [4.78, 5) is 16.1. The molecule has 1 atom stereocenters. The molecule has 17 heavy (non-hydrogen) atoms. The number of carboxylic acids is 1. The first-order valence-corrected chi connectivity index (χ1v) is 6.71. The zero-order valence-electron chi connectivity index (χ0n) is 9.08. The van der Waals surface area contributed by atoms with Gasteiger partial charge in [-0.2, -0.15) is 4.37 Å². The minimum atomic E-state index is -0.916. The highest BCUT2D eigenvalue weighted by molar-refractivity contribution is 7.10. The zero-order chi connectivity index (χ0) is 12.3. The molecule has 0 aliphatic rings. The first-order chi connectivity index (χ1) is 8.20. The highest BCUT2D eigenvalue weighted by Gasteiger charge is 2.21. The van der Waals surface area contributed by atoms with Crippen LogP contribution in [0.15, 0.2) is 17.5 Å². The van der Waals surface area contributed by atoms with Crippen LogP contribution >= 0.6 is 22.9 Å². The fraction of sp³-hybridized carbons (Fsp3) is 0.300. The van der Waals surface area contributed by atoms with Crippen LogP contribution in [0, 0.1) is 0 Å². The van der Waals surface area contributed by atoms with E-state index >= 15 is 0 Å². The van der Waals surface area contributed by atoms with Gasteiger partial charge < -0.3 is 10.4 Å². The van der Waals surface area contributed by atoms with Crippen LogP contribution in [-0.4, -0.2) is 20.4 Å². The van der Waals surface area contributed by atoms with E-state index in [2.05, 4.69) is 14.7 Å². The molecule has 0 fully saturated rings. The van der Waals surface area contributed by atoms with Crippen molar-refractivity contribution in [2.24, 2.45) is 0 Å². The van der Waals surface area contributed by atoms with Crippen LogP contribution in [-0.2, 0) is 11.2 Å². The van der Waals surface area contributed by atoms with Crippen molar-refractivity contribution >= 4 is 34.0 Å². The number of anilines is 1. The summed E-state index contributed by atoms with van der Waals surface area (Å²) in [5.74, 6) is -0.187. The number of hydrogen-bond donors (Lipinski definition) is 2. The number of carboxylic acid groups (broad SMARTS) is 1. The summed E-state index contributed by atoms with van der Waals surface area (Å²) in [6.07, 6.45) is 0.745. The van der Waals surface area contributed by atoms with Crippen molar-refractivity contribution in [1.29, 1.82) is 0 Å². The highest BCUT2D eigenvalue weighted by Crippen LogP contribution is 2.24. The normalized spacial score (nSPS) is 12.3. The van der Waals surface area contributed by atoms with E-state index in [0.29, 0.717) is 5.13 Å². The molecule has 2 N–H and O–H groups in total. The monoisotopic (exact) mass is 269 g/mol. The maximum atomic E-state index is 11.2. The van der Waals surface area contributed by atoms with E-state index in [9.17, 15) is 9.90 Å². The maximum Gasteiger partial charge on any atom is 0.331 e. The molecule has 2 heterocycles. The number of hydrogen-bond acceptors (Lipinski definition) is 6. The molecule has 0 bridgehead atoms. The standard InChI is InChI=1S/C10H11N3O2S2/c1-2-7-11-10(17-13-7)12-8(9(14)15)6-4-3-5-16-6/h3-5,8H,2H2,1H3,(H,14,15)(H,11,12,13). The largest absolute Gasteiger partial charge is 0.479 e. The van der Waals surface area contributed by atoms with E-state index in [0.717, 1.165) is 17.1 Å². The van der Waals surface area contributed by atoms with Gasteiger partial charge in [-0.1, -0.05) is 13.0 Å². The number of aryl methyl sites for hydroxylation is 1. The second-order valence-corrected chi connectivity index (χ2v) is 5.03. The van der Waals surface area contributed by atoms with Crippen LogP contribution in [0.4, 0.5) is 5.13 Å². The Morgan fingerprint density at radius 1 is 1.65 bits per heavy atom. The average Bonchev–Trinajstić information content (AvgIpc) is 2.96. The van der Waals surface area contributed by atoms with Crippen LogP contribution in [0.2, 0.25) is 0 Å². The topological polar surface area (TPSA) is 75.1 Å². The van der Waals surface area contributed by atoms with Crippen molar-refractivity contribution in [2.75, 3.05) is 5.32 Å². The smallest absolute Gasteiger partial charge is 0.331 e. The molecule has 0 saturated heterocycles. The summed E-state index contributed by atoms with van der Waals surface area (Å²) in [5.41, 5.74) is 0. The molecule has 0 aliphatic carbocycles. The molecule has 2 aromatic heterocycles. The van der Waals surface area contributed by atoms with Gasteiger partial charge in [-0.3, -0.25) is 0 Å². The second-order valence-electron chi connectivity index (χ2n) is 3.30. The van der Waals surface area contributed by atoms with Gasteiger partial charge >= 0.3 is 5.97 Å². The molecule has 0 radical (unpaired) electrons. The number of aliphatic carboxylic acids is 1. The molecule has 7 heteroatoms. The Morgan fingerprint density at radius 3 is 3.00 bits per heavy atom. The number of nitrogens with one attached hydrogen (secondary N) is 1. The molecule has 5 nitrogen and oxygen atoms in total. The summed E-state index contributed by atoms with van der Waals surface area (Å²) in [6, 6.07) is 2.86. The molecule has 90 valence electrons. The second kappa shape index (κ2) is 5.24. The van der Waals surface area contributed by atoms with E-state index in [-0.39, 0.29) is 0 Å². The van der Waals surface area contributed by atoms with Gasteiger partial charge in [0.05, 0.1) is 0 Å². The minimum absolute atomic E-state index is 0.544. The summed E-state index contributed by atoms with van der Waals surface area (Å²) in [5, 5.41) is 14.5. The maximum absolute atomic E-state index is 11.2. The number of carbonyl (C=O) groups is 1. The molecule has 0 saturated carbocycles. The Morgan fingerprint density at radius 2 is 2.47 bits per heavy atom. The van der Waals surface area contributed by atoms with Crippen molar-refractivity contribution in [3.8, 4) is 0 Å². The van der Waals surface area contributed by atoms with E-state index in [1.165, 1.54) is 22.9 Å². The molecule has 0 spiro atoms. The number of nitrogens with zero attached hydrogens (tertiary/aromatic N) is 2. The lowest BCUT2D eigenvalue weighted by atomic mass is 10.2. The Labute approximate surface area is 106 Å². The molecule has 2 aromatic rings. The van der Waals surface area contributed by atoms with Crippen LogP contribution < -0.4 is 5.32 Å². The Bertz CT molecular complexity index is 495. The fourth-order valence-corrected chi connectivity index (χ4v) is 2.74. The van der Waals surface area contributed by atoms with Gasteiger partial charge in [0.2, 0.25) is 5.13 Å². The first-order valence-electron chi connectivity index (χ1n) is 5.06. The lowest BCUT2D eigenvalue weighted by Crippen LogP contribution is -2.19. The van der Waals surface area contributed by atoms with Gasteiger partial charge in [0.1, 0.15) is 5.82 Å². The summed E-state index contributed by atoms with van der Waals surface area (Å²) in [7, 11) is 0. The van der Waals surface area contributed by atoms with Gasteiger partial charge in [-0.05, 0) is 11.4 Å². The molecule has 0 aromatic carbocycles. The number of thiophene rings is 1. The quantitative estimate of drug-likeness (QED) is 0.871. The van der Waals surface area contributed by atoms with Crippen molar-refractivity contribution in [1.82, 2.24) is 9.36 Å². The summed E-state index contributed by atoms with van der Waals surface area (Å²) >= 11 is 2.59. The molecule has 0 aliphatic heterocycles. The van der Waals surface area contributed by atoms with E-state index < -0.39 is 12.0 Å². The Hall–Kier alpha value is -1.47. The molecular weight excluding hydrogens is 258 g/mol. The molecular formula is C10H11N3O2S2. The van der Waals surface area contributed by atoms with Crippen molar-refractivity contribution in [3.05, 3.63) is 28.2 Å². The molecule has 2 rings (SSSR count). The predicted octanol–water partition coefficient (Wildman–Crippen LogP) is 2.40. The van der Waals surface area contributed by atoms with Gasteiger partial charge in [0.25, 0.3) is 0 Å². The Kier molecular flexibility index (Phi) is 3.70. The number of aromatic nitrogens is 2. The minimum Gasteiger partial charge on any atom is -0.479 e. The van der Waals surface area contributed by atoms with Gasteiger partial charge in [0, 0.05) is 22.8 Å². The predicted molar refractivity (Wildman–Crippen MR) is 67.6 cm³/mol. The lowest BCUT2D eigenvalue weighted by molar-refractivity contribution is -0.138. The van der Waals surface area contributed by atoms with Crippen LogP contribution in [0.25, 0.3) is 0 Å². The Balaban J connectivity index is 2.16. The van der Waals surface area contributed by atoms with Crippen molar-refractivity contribution in [3.63, 3.8) is 0 Å². The van der Waals surface area contributed by atoms with Gasteiger partial charge in [-0.25, -0.2) is 9.78 Å². The fourth-order valence-electron chi connectivity index (χ4n) is 1.29. The third-order valence-corrected chi connectivity index (χ3v) is 3.75. The molecule has 0 amide bonds. The zero-order valence-corrected chi connectivity index (χ0v) is 10.7. The van der Waals surface area contributed by atoms with E-state index in [4.69, 9.17) is 0 Å². The first kappa shape index (κ1) is 12.0. The van der Waals surface area contributed by atoms with Crippen LogP contribution in [0.3, 0.4) is 0 Å². The van der Waals surface area contributed by atoms with Crippen LogP contribution in [0.5, 0.6) is 0 Å². The summed E-state index contributed by atoms with van der Waals surface area (Å²) in [6.45, 7) is 1.96. The van der Waals surface area contributed by atoms with Gasteiger partial charge in [-0.15, -0.1) is 11.3 Å². The SMILES string of the molecule is CCc1nsc(NC(C(=O)O)c2cccs2)n1. The lowest BCUT2D eigenvalue weighted by Gasteiger charge is -2.10. The van der Waals surface area contributed by atoms with Gasteiger partial charge in [0.15, 0.2) is 6.04 Å². The third-order valence-electron chi connectivity index (χ3n) is 2.13. The van der Waals surface area contributed by atoms with Crippen molar-refractivity contribution in [2.45, 2.75) is 19.4 Å². The average molecular weight is 269 g/mol. The molecule has 1 unspecified atom stereocenters. The summed E-state index contributed by atoms with van der Waals surface area (Å²) < 4.78 is 4.11. The van der Waals surface area contributed by atoms with Crippen LogP contribution in [0.1, 0.15) is 23.7 Å². The third kappa shape index (κ3) is 2.80. The number of rotatable bonds is 5. The highest BCUT2D eigenvalue weighted by atomic mass is 32.1. The van der Waals surface area contributed by atoms with E-state index in [1.54, 1.807) is 6.07 Å².